The zero-order chi connectivity index (χ0) is 15.6. The maximum absolute atomic E-state index is 5.47. The molecule has 0 spiro atoms. The first-order chi connectivity index (χ1) is 11.3. The molecule has 23 heavy (non-hydrogen) atoms. The predicted molar refractivity (Wildman–Crippen MR) is 83.7 cm³/mol. The van der Waals surface area contributed by atoms with Gasteiger partial charge in [0.15, 0.2) is 5.82 Å². The van der Waals surface area contributed by atoms with Crippen LogP contribution in [0, 0.1) is 6.92 Å². The van der Waals surface area contributed by atoms with E-state index >= 15 is 0 Å². The molecule has 1 saturated heterocycles. The van der Waals surface area contributed by atoms with Crippen LogP contribution in [-0.2, 0) is 4.74 Å². The van der Waals surface area contributed by atoms with Gasteiger partial charge in [-0.1, -0.05) is 35.5 Å². The second-order valence-electron chi connectivity index (χ2n) is 5.56. The van der Waals surface area contributed by atoms with E-state index in [-0.39, 0.29) is 5.92 Å². The molecule has 0 N–H and O–H groups in total. The first-order valence-electron chi connectivity index (χ1n) is 7.62. The minimum Gasteiger partial charge on any atom is -0.381 e. The van der Waals surface area contributed by atoms with Gasteiger partial charge in [0.2, 0.25) is 0 Å². The van der Waals surface area contributed by atoms with Gasteiger partial charge in [0.1, 0.15) is 5.82 Å². The Morgan fingerprint density at radius 2 is 2.00 bits per heavy atom. The van der Waals surface area contributed by atoms with Gasteiger partial charge in [-0.3, -0.25) is 0 Å². The van der Waals surface area contributed by atoms with Crippen LogP contribution in [0.25, 0.3) is 22.7 Å². The highest BCUT2D eigenvalue weighted by Gasteiger charge is 2.24. The molecule has 0 unspecified atom stereocenters. The van der Waals surface area contributed by atoms with Crippen molar-refractivity contribution < 1.29 is 9.26 Å². The van der Waals surface area contributed by atoms with Crippen LogP contribution < -0.4 is 0 Å². The summed E-state index contributed by atoms with van der Waals surface area (Å²) in [5, 5.41) is 4.11. The third-order valence-electron chi connectivity index (χ3n) is 3.92. The van der Waals surface area contributed by atoms with Crippen LogP contribution in [0.4, 0.5) is 0 Å². The van der Waals surface area contributed by atoms with Crippen LogP contribution in [0.2, 0.25) is 0 Å². The van der Waals surface area contributed by atoms with E-state index in [0.717, 1.165) is 29.8 Å². The molecule has 0 radical (unpaired) electrons. The van der Waals surface area contributed by atoms with Crippen molar-refractivity contribution in [3.63, 3.8) is 0 Å². The second-order valence-corrected chi connectivity index (χ2v) is 5.56. The largest absolute Gasteiger partial charge is 0.381 e. The second kappa shape index (κ2) is 5.89. The van der Waals surface area contributed by atoms with Gasteiger partial charge in [0.05, 0.1) is 17.9 Å². The summed E-state index contributed by atoms with van der Waals surface area (Å²) in [6, 6.07) is 9.94. The minimum atomic E-state index is 0.207. The van der Waals surface area contributed by atoms with E-state index in [1.54, 1.807) is 6.20 Å². The summed E-state index contributed by atoms with van der Waals surface area (Å²) in [6.45, 7) is 3.26. The first kappa shape index (κ1) is 14.0. The Morgan fingerprint density at radius 3 is 2.78 bits per heavy atom. The zero-order valence-electron chi connectivity index (χ0n) is 12.8. The molecule has 0 saturated carbocycles. The van der Waals surface area contributed by atoms with Gasteiger partial charge in [0.25, 0.3) is 5.89 Å². The van der Waals surface area contributed by atoms with Crippen molar-refractivity contribution in [1.29, 1.82) is 0 Å². The van der Waals surface area contributed by atoms with Gasteiger partial charge in [-0.15, -0.1) is 0 Å². The number of rotatable bonds is 3. The Bertz CT molecular complexity index is 810. The molecule has 6 nitrogen and oxygen atoms in total. The normalized spacial score (nSPS) is 17.5. The van der Waals surface area contributed by atoms with Gasteiger partial charge >= 0.3 is 0 Å². The van der Waals surface area contributed by atoms with Gasteiger partial charge < -0.3 is 9.26 Å². The van der Waals surface area contributed by atoms with Crippen LogP contribution >= 0.6 is 0 Å². The van der Waals surface area contributed by atoms with Crippen LogP contribution in [-0.4, -0.2) is 33.3 Å². The number of ether oxygens (including phenoxy) is 1. The summed E-state index contributed by atoms with van der Waals surface area (Å²) < 4.78 is 10.9. The predicted octanol–water partition coefficient (Wildman–Crippen LogP) is 3.01. The average Bonchev–Trinajstić information content (AvgIpc) is 3.27. The van der Waals surface area contributed by atoms with E-state index in [1.807, 2.05) is 37.3 Å². The molecular formula is C17H16N4O2. The molecular weight excluding hydrogens is 292 g/mol. The summed E-state index contributed by atoms with van der Waals surface area (Å²) in [6.07, 6.45) is 2.67. The molecule has 1 aromatic carbocycles. The number of aromatic nitrogens is 4. The standard InChI is InChI=1S/C17H16N4O2/c1-11-18-9-14(15(19-11)12-5-3-2-4-6-12)17-20-16(21-23-17)13-7-8-22-10-13/h2-6,9,13H,7-8,10H2,1H3/t13-/m0/s1. The van der Waals surface area contributed by atoms with Crippen LogP contribution in [0.1, 0.15) is 24.0 Å². The average molecular weight is 308 g/mol. The van der Waals surface area contributed by atoms with Gasteiger partial charge in [-0.25, -0.2) is 9.97 Å². The van der Waals surface area contributed by atoms with Crippen molar-refractivity contribution in [1.82, 2.24) is 20.1 Å². The Hall–Kier alpha value is -2.60. The lowest BCUT2D eigenvalue weighted by molar-refractivity contribution is 0.192. The third-order valence-corrected chi connectivity index (χ3v) is 3.92. The maximum atomic E-state index is 5.47. The smallest absolute Gasteiger partial charge is 0.261 e. The maximum Gasteiger partial charge on any atom is 0.261 e. The molecule has 4 rings (SSSR count). The molecule has 116 valence electrons. The van der Waals surface area contributed by atoms with Crippen molar-refractivity contribution in [2.75, 3.05) is 13.2 Å². The third kappa shape index (κ3) is 2.73. The van der Waals surface area contributed by atoms with Crippen molar-refractivity contribution in [3.8, 4) is 22.7 Å². The fourth-order valence-electron chi connectivity index (χ4n) is 2.69. The van der Waals surface area contributed by atoms with Gasteiger partial charge in [-0.05, 0) is 13.3 Å². The first-order valence-corrected chi connectivity index (χ1v) is 7.62. The Morgan fingerprint density at radius 1 is 1.13 bits per heavy atom. The van der Waals surface area contributed by atoms with E-state index in [0.29, 0.717) is 24.1 Å². The van der Waals surface area contributed by atoms with Crippen LogP contribution in [0.5, 0.6) is 0 Å². The molecule has 1 aliphatic heterocycles. The molecule has 1 atom stereocenters. The zero-order valence-corrected chi connectivity index (χ0v) is 12.8. The summed E-state index contributed by atoms with van der Waals surface area (Å²) in [5.41, 5.74) is 2.55. The van der Waals surface area contributed by atoms with Crippen molar-refractivity contribution in [2.45, 2.75) is 19.3 Å². The van der Waals surface area contributed by atoms with E-state index in [1.165, 1.54) is 0 Å². The Balaban J connectivity index is 1.77. The highest BCUT2D eigenvalue weighted by Crippen LogP contribution is 2.31. The fraction of sp³-hybridized carbons (Fsp3) is 0.294. The molecule has 0 aliphatic carbocycles. The molecule has 6 heteroatoms. The summed E-state index contributed by atoms with van der Waals surface area (Å²) in [7, 11) is 0. The molecule has 2 aromatic heterocycles. The van der Waals surface area contributed by atoms with E-state index in [2.05, 4.69) is 20.1 Å². The number of nitrogens with zero attached hydrogens (tertiary/aromatic N) is 4. The number of hydrogen-bond acceptors (Lipinski definition) is 6. The molecule has 0 amide bonds. The van der Waals surface area contributed by atoms with Crippen molar-refractivity contribution in [2.24, 2.45) is 0 Å². The quantitative estimate of drug-likeness (QED) is 0.740. The lowest BCUT2D eigenvalue weighted by atomic mass is 10.1. The van der Waals surface area contributed by atoms with Crippen LogP contribution in [0.3, 0.4) is 0 Å². The van der Waals surface area contributed by atoms with Crippen LogP contribution in [0.15, 0.2) is 41.1 Å². The lowest BCUT2D eigenvalue weighted by Crippen LogP contribution is -2.00. The Labute approximate surface area is 133 Å². The van der Waals surface area contributed by atoms with Gasteiger partial charge in [0, 0.05) is 24.3 Å². The number of hydrogen-bond donors (Lipinski definition) is 0. The fourth-order valence-corrected chi connectivity index (χ4v) is 2.69. The van der Waals surface area contributed by atoms with Crippen molar-refractivity contribution in [3.05, 3.63) is 48.2 Å². The lowest BCUT2D eigenvalue weighted by Gasteiger charge is -2.06. The molecule has 3 aromatic rings. The van der Waals surface area contributed by atoms with Crippen molar-refractivity contribution >= 4 is 0 Å². The number of benzene rings is 1. The summed E-state index contributed by atoms with van der Waals surface area (Å²) in [5.74, 6) is 2.05. The molecule has 1 fully saturated rings. The minimum absolute atomic E-state index is 0.207. The van der Waals surface area contributed by atoms with E-state index in [4.69, 9.17) is 9.26 Å². The monoisotopic (exact) mass is 308 g/mol. The highest BCUT2D eigenvalue weighted by atomic mass is 16.5. The summed E-state index contributed by atoms with van der Waals surface area (Å²) >= 11 is 0. The summed E-state index contributed by atoms with van der Waals surface area (Å²) in [4.78, 5) is 13.4. The van der Waals surface area contributed by atoms with E-state index < -0.39 is 0 Å². The molecule has 3 heterocycles. The SMILES string of the molecule is Cc1ncc(-c2nc([C@H]3CCOC3)no2)c(-c2ccccc2)n1. The highest BCUT2D eigenvalue weighted by molar-refractivity contribution is 5.75. The molecule has 1 aliphatic rings. The van der Waals surface area contributed by atoms with E-state index in [9.17, 15) is 0 Å². The Kier molecular flexibility index (Phi) is 3.59. The van der Waals surface area contributed by atoms with Gasteiger partial charge in [-0.2, -0.15) is 4.98 Å². The topological polar surface area (TPSA) is 73.9 Å². The number of aryl methyl sites for hydroxylation is 1. The molecule has 0 bridgehead atoms.